The van der Waals surface area contributed by atoms with Crippen LogP contribution in [0, 0.1) is 21.4 Å². The molecule has 0 saturated carbocycles. The molecule has 1 aromatic heterocycles. The van der Waals surface area contributed by atoms with E-state index in [1.54, 1.807) is 23.8 Å². The summed E-state index contributed by atoms with van der Waals surface area (Å²) in [7, 11) is 0. The van der Waals surface area contributed by atoms with E-state index in [1.165, 1.54) is 42.1 Å². The lowest BCUT2D eigenvalue weighted by molar-refractivity contribution is -0.387. The molecular weight excluding hydrogens is 466 g/mol. The van der Waals surface area contributed by atoms with Gasteiger partial charge in [0, 0.05) is 17.2 Å². The van der Waals surface area contributed by atoms with Crippen molar-refractivity contribution in [1.29, 1.82) is 5.26 Å². The molecule has 166 valence electrons. The van der Waals surface area contributed by atoms with Crippen molar-refractivity contribution >= 4 is 51.4 Å². The molecule has 2 aromatic carbocycles. The molecule has 0 bridgehead atoms. The number of rotatable bonds is 8. The van der Waals surface area contributed by atoms with E-state index in [0.717, 1.165) is 17.4 Å². The van der Waals surface area contributed by atoms with Crippen LogP contribution >= 0.6 is 23.1 Å². The van der Waals surface area contributed by atoms with Crippen molar-refractivity contribution in [1.82, 2.24) is 0 Å². The summed E-state index contributed by atoms with van der Waals surface area (Å²) >= 11 is 2.33. The molecule has 0 saturated heterocycles. The van der Waals surface area contributed by atoms with Gasteiger partial charge in [-0.3, -0.25) is 19.7 Å². The second kappa shape index (κ2) is 10.5. The van der Waals surface area contributed by atoms with Crippen LogP contribution in [-0.2, 0) is 9.53 Å². The quantitative estimate of drug-likeness (QED) is 0.165. The molecule has 0 unspecified atom stereocenters. The first kappa shape index (κ1) is 23.6. The van der Waals surface area contributed by atoms with E-state index in [0.29, 0.717) is 9.90 Å². The number of carbonyl (C=O) groups excluding carboxylic acids is 3. The van der Waals surface area contributed by atoms with Crippen LogP contribution in [0.5, 0.6) is 0 Å². The summed E-state index contributed by atoms with van der Waals surface area (Å²) in [6, 6.07) is 13.4. The van der Waals surface area contributed by atoms with Gasteiger partial charge in [-0.2, -0.15) is 5.26 Å². The number of carbonyl (C=O) groups is 3. The number of ether oxygens (including phenoxy) is 1. The molecule has 0 aliphatic rings. The predicted molar refractivity (Wildman–Crippen MR) is 123 cm³/mol. The highest BCUT2D eigenvalue weighted by molar-refractivity contribution is 7.98. The third-order valence-electron chi connectivity index (χ3n) is 4.40. The van der Waals surface area contributed by atoms with Gasteiger partial charge in [0.15, 0.2) is 12.4 Å². The Balaban J connectivity index is 1.77. The van der Waals surface area contributed by atoms with Crippen molar-refractivity contribution in [3.8, 4) is 6.07 Å². The maximum Gasteiger partial charge on any atom is 0.339 e. The second-order valence-electron chi connectivity index (χ2n) is 6.42. The topological polar surface area (TPSA) is 139 Å². The maximum atomic E-state index is 13.0. The number of thiophene rings is 1. The van der Waals surface area contributed by atoms with E-state index in [-0.39, 0.29) is 27.9 Å². The van der Waals surface area contributed by atoms with Crippen molar-refractivity contribution in [2.75, 3.05) is 18.2 Å². The number of benzene rings is 2. The second-order valence-corrected chi connectivity index (χ2v) is 8.18. The molecule has 0 radical (unpaired) electrons. The molecule has 1 amide bonds. The van der Waals surface area contributed by atoms with Gasteiger partial charge in [0.1, 0.15) is 11.1 Å². The van der Waals surface area contributed by atoms with E-state index < -0.39 is 29.2 Å². The van der Waals surface area contributed by atoms with Crippen molar-refractivity contribution in [3.05, 3.63) is 86.3 Å². The SMILES string of the molecule is CSc1ccc(C(=O)c2ccccc2C(=O)OCC(=O)Nc2sccc2C#N)cc1[N+](=O)[O-]. The van der Waals surface area contributed by atoms with Crippen LogP contribution in [0.3, 0.4) is 0 Å². The summed E-state index contributed by atoms with van der Waals surface area (Å²) in [6.07, 6.45) is 1.69. The lowest BCUT2D eigenvalue weighted by atomic mass is 9.98. The van der Waals surface area contributed by atoms with Gasteiger partial charge < -0.3 is 10.1 Å². The molecule has 0 aliphatic heterocycles. The number of nitro groups is 1. The fourth-order valence-electron chi connectivity index (χ4n) is 2.85. The number of hydrogen-bond acceptors (Lipinski definition) is 9. The Labute approximate surface area is 196 Å². The average molecular weight is 482 g/mol. The molecule has 9 nitrogen and oxygen atoms in total. The summed E-state index contributed by atoms with van der Waals surface area (Å²) in [6.45, 7) is -0.627. The largest absolute Gasteiger partial charge is 0.452 e. The van der Waals surface area contributed by atoms with Crippen LogP contribution in [0.4, 0.5) is 10.7 Å². The number of esters is 1. The highest BCUT2D eigenvalue weighted by Crippen LogP contribution is 2.29. The van der Waals surface area contributed by atoms with Crippen molar-refractivity contribution < 1.29 is 24.0 Å². The lowest BCUT2D eigenvalue weighted by Crippen LogP contribution is -2.22. The number of nitrogens with one attached hydrogen (secondary N) is 1. The van der Waals surface area contributed by atoms with E-state index in [4.69, 9.17) is 10.00 Å². The summed E-state index contributed by atoms with van der Waals surface area (Å²) in [5.74, 6) is -2.15. The van der Waals surface area contributed by atoms with Gasteiger partial charge in [-0.25, -0.2) is 4.79 Å². The Morgan fingerprint density at radius 3 is 2.58 bits per heavy atom. The van der Waals surface area contributed by atoms with Gasteiger partial charge in [-0.1, -0.05) is 18.2 Å². The van der Waals surface area contributed by atoms with Crippen LogP contribution in [0.15, 0.2) is 58.8 Å². The zero-order valence-corrected chi connectivity index (χ0v) is 18.7. The Bertz CT molecular complexity index is 1300. The molecule has 0 fully saturated rings. The minimum Gasteiger partial charge on any atom is -0.452 e. The van der Waals surface area contributed by atoms with Gasteiger partial charge in [0.25, 0.3) is 11.6 Å². The van der Waals surface area contributed by atoms with Crippen LogP contribution in [0.2, 0.25) is 0 Å². The van der Waals surface area contributed by atoms with Crippen molar-refractivity contribution in [3.63, 3.8) is 0 Å². The van der Waals surface area contributed by atoms with Gasteiger partial charge in [0.05, 0.1) is 20.9 Å². The minimum atomic E-state index is -0.906. The fourth-order valence-corrected chi connectivity index (χ4v) is 4.15. The van der Waals surface area contributed by atoms with Crippen LogP contribution in [0.1, 0.15) is 31.8 Å². The third kappa shape index (κ3) is 5.43. The average Bonchev–Trinajstić information content (AvgIpc) is 3.28. The molecule has 0 atom stereocenters. The number of ketones is 1. The molecule has 1 N–H and O–H groups in total. The number of nitrogens with zero attached hydrogens (tertiary/aromatic N) is 2. The normalized spacial score (nSPS) is 10.2. The van der Waals surface area contributed by atoms with Crippen molar-refractivity contribution in [2.24, 2.45) is 0 Å². The maximum absolute atomic E-state index is 13.0. The van der Waals surface area contributed by atoms with E-state index in [9.17, 15) is 24.5 Å². The Morgan fingerprint density at radius 2 is 1.91 bits per heavy atom. The Kier molecular flexibility index (Phi) is 7.55. The molecule has 33 heavy (non-hydrogen) atoms. The van der Waals surface area contributed by atoms with E-state index in [1.807, 2.05) is 6.07 Å². The molecule has 3 rings (SSSR count). The number of nitriles is 1. The highest BCUT2D eigenvalue weighted by atomic mass is 32.2. The van der Waals surface area contributed by atoms with Gasteiger partial charge in [-0.15, -0.1) is 23.1 Å². The molecule has 3 aromatic rings. The first-order chi connectivity index (χ1) is 15.8. The summed E-state index contributed by atoms with van der Waals surface area (Å²) in [5, 5.41) is 24.8. The number of nitro benzene ring substituents is 1. The van der Waals surface area contributed by atoms with E-state index >= 15 is 0 Å². The van der Waals surface area contributed by atoms with Gasteiger partial charge in [-0.05, 0) is 35.9 Å². The summed E-state index contributed by atoms with van der Waals surface area (Å²) in [5.41, 5.74) is 0.0201. The molecule has 1 heterocycles. The first-order valence-electron chi connectivity index (χ1n) is 9.26. The summed E-state index contributed by atoms with van der Waals surface area (Å²) < 4.78 is 5.04. The zero-order chi connectivity index (χ0) is 24.0. The molecule has 0 aliphatic carbocycles. The monoisotopic (exact) mass is 481 g/mol. The summed E-state index contributed by atoms with van der Waals surface area (Å²) in [4.78, 5) is 48.9. The molecule has 0 spiro atoms. The zero-order valence-electron chi connectivity index (χ0n) is 17.1. The van der Waals surface area contributed by atoms with Crippen LogP contribution < -0.4 is 5.32 Å². The van der Waals surface area contributed by atoms with E-state index in [2.05, 4.69) is 5.32 Å². The van der Waals surface area contributed by atoms with Gasteiger partial charge >= 0.3 is 5.97 Å². The Morgan fingerprint density at radius 1 is 1.18 bits per heavy atom. The highest BCUT2D eigenvalue weighted by Gasteiger charge is 2.23. The number of amides is 1. The molecule has 11 heteroatoms. The fraction of sp³-hybridized carbons (Fsp3) is 0.0909. The predicted octanol–water partition coefficient (Wildman–Crippen LogP) is 4.28. The van der Waals surface area contributed by atoms with Crippen molar-refractivity contribution in [2.45, 2.75) is 4.90 Å². The smallest absolute Gasteiger partial charge is 0.339 e. The lowest BCUT2D eigenvalue weighted by Gasteiger charge is -2.10. The first-order valence-corrected chi connectivity index (χ1v) is 11.4. The third-order valence-corrected chi connectivity index (χ3v) is 6.02. The van der Waals surface area contributed by atoms with Crippen LogP contribution in [-0.4, -0.2) is 35.4 Å². The Hall–Kier alpha value is -4.01. The number of anilines is 1. The number of hydrogen-bond donors (Lipinski definition) is 1. The number of thioether (sulfide) groups is 1. The standard InChI is InChI=1S/C22H15N3O6S2/c1-32-18-7-6-13(10-17(18)25(29)30)20(27)15-4-2-3-5-16(15)22(28)31-12-19(26)24-21-14(11-23)8-9-33-21/h2-10H,12H2,1H3,(H,24,26). The minimum absolute atomic E-state index is 0.0147. The molecular formula is C22H15N3O6S2. The van der Waals surface area contributed by atoms with Crippen LogP contribution in [0.25, 0.3) is 0 Å². The van der Waals surface area contributed by atoms with Gasteiger partial charge in [0.2, 0.25) is 0 Å².